The molecular formula is C19H19NO2S2. The molecule has 1 atom stereocenters. The minimum atomic E-state index is -0.822. The smallest absolute Gasteiger partial charge is 0.326 e. The van der Waals surface area contributed by atoms with Gasteiger partial charge in [-0.3, -0.25) is 4.79 Å². The molecule has 0 aliphatic carbocycles. The molecule has 3 aromatic rings. The molecule has 24 heavy (non-hydrogen) atoms. The number of thioether (sulfide) groups is 1. The highest BCUT2D eigenvalue weighted by Crippen LogP contribution is 2.44. The molecule has 1 aromatic heterocycles. The first-order valence-corrected chi connectivity index (χ1v) is 9.45. The van der Waals surface area contributed by atoms with Crippen molar-refractivity contribution in [1.29, 1.82) is 0 Å². The molecule has 0 spiro atoms. The SMILES string of the molecule is CCOC(=O)C(C)(Sc1nc2ccccc2s1)c1ccc(C)cc1. The largest absolute Gasteiger partial charge is 0.465 e. The minimum absolute atomic E-state index is 0.238. The van der Waals surface area contributed by atoms with Gasteiger partial charge in [0.25, 0.3) is 0 Å². The molecule has 0 aliphatic heterocycles. The Labute approximate surface area is 150 Å². The molecule has 0 fully saturated rings. The summed E-state index contributed by atoms with van der Waals surface area (Å²) in [5, 5.41) is 0. The number of para-hydroxylation sites is 1. The van der Waals surface area contributed by atoms with Gasteiger partial charge in [0.1, 0.15) is 4.75 Å². The molecule has 0 amide bonds. The lowest BCUT2D eigenvalue weighted by Crippen LogP contribution is -2.31. The fourth-order valence-electron chi connectivity index (χ4n) is 2.43. The Balaban J connectivity index is 2.00. The van der Waals surface area contributed by atoms with Crippen LogP contribution < -0.4 is 0 Å². The molecule has 2 aromatic carbocycles. The van der Waals surface area contributed by atoms with Crippen LogP contribution in [0, 0.1) is 6.92 Å². The number of aryl methyl sites for hydroxylation is 1. The predicted molar refractivity (Wildman–Crippen MR) is 101 cm³/mol. The standard InChI is InChI=1S/C19H19NO2S2/c1-4-22-17(21)19(3,14-11-9-13(2)10-12-14)24-18-20-15-7-5-6-8-16(15)23-18/h5-12H,4H2,1-3H3. The van der Waals surface area contributed by atoms with E-state index >= 15 is 0 Å². The Hall–Kier alpha value is -1.85. The predicted octanol–water partition coefficient (Wildman–Crippen LogP) is 5.18. The van der Waals surface area contributed by atoms with Crippen LogP contribution in [0.25, 0.3) is 10.2 Å². The molecule has 1 heterocycles. The van der Waals surface area contributed by atoms with Gasteiger partial charge in [-0.25, -0.2) is 4.98 Å². The number of carbonyl (C=O) groups is 1. The quantitative estimate of drug-likeness (QED) is 0.466. The van der Waals surface area contributed by atoms with E-state index in [2.05, 4.69) is 4.98 Å². The second-order valence-corrected chi connectivity index (χ2v) is 8.37. The monoisotopic (exact) mass is 357 g/mol. The number of hydrogen-bond acceptors (Lipinski definition) is 5. The lowest BCUT2D eigenvalue weighted by molar-refractivity contribution is -0.145. The molecule has 0 saturated heterocycles. The van der Waals surface area contributed by atoms with E-state index in [9.17, 15) is 4.79 Å². The van der Waals surface area contributed by atoms with Crippen molar-refractivity contribution in [2.45, 2.75) is 29.9 Å². The lowest BCUT2D eigenvalue weighted by Gasteiger charge is -2.26. The van der Waals surface area contributed by atoms with E-state index in [1.165, 1.54) is 11.8 Å². The van der Waals surface area contributed by atoms with E-state index in [0.29, 0.717) is 6.61 Å². The second-order valence-electron chi connectivity index (χ2n) is 5.67. The van der Waals surface area contributed by atoms with Crippen molar-refractivity contribution in [3.05, 3.63) is 59.7 Å². The number of carbonyl (C=O) groups excluding carboxylic acids is 1. The van der Waals surface area contributed by atoms with Crippen molar-refractivity contribution >= 4 is 39.3 Å². The van der Waals surface area contributed by atoms with Gasteiger partial charge in [-0.15, -0.1) is 11.3 Å². The summed E-state index contributed by atoms with van der Waals surface area (Å²) in [6.45, 7) is 6.13. The van der Waals surface area contributed by atoms with Crippen LogP contribution in [0.3, 0.4) is 0 Å². The van der Waals surface area contributed by atoms with Crippen molar-refractivity contribution < 1.29 is 9.53 Å². The summed E-state index contributed by atoms with van der Waals surface area (Å²) in [5.41, 5.74) is 3.05. The average molecular weight is 358 g/mol. The fraction of sp³-hybridized carbons (Fsp3) is 0.263. The average Bonchev–Trinajstić information content (AvgIpc) is 2.97. The number of aromatic nitrogens is 1. The highest BCUT2D eigenvalue weighted by Gasteiger charge is 2.39. The number of benzene rings is 2. The number of thiazole rings is 1. The third-order valence-electron chi connectivity index (χ3n) is 3.83. The number of rotatable bonds is 5. The molecule has 3 nitrogen and oxygen atoms in total. The van der Waals surface area contributed by atoms with Crippen LogP contribution in [0.15, 0.2) is 52.9 Å². The molecule has 5 heteroatoms. The molecule has 0 N–H and O–H groups in total. The highest BCUT2D eigenvalue weighted by atomic mass is 32.2. The van der Waals surface area contributed by atoms with Gasteiger partial charge in [0, 0.05) is 0 Å². The summed E-state index contributed by atoms with van der Waals surface area (Å²) in [5.74, 6) is -0.238. The lowest BCUT2D eigenvalue weighted by atomic mass is 9.99. The van der Waals surface area contributed by atoms with Gasteiger partial charge in [0.05, 0.1) is 16.8 Å². The van der Waals surface area contributed by atoms with Crippen molar-refractivity contribution in [3.8, 4) is 0 Å². The molecular weight excluding hydrogens is 338 g/mol. The first kappa shape index (κ1) is 17.0. The van der Waals surface area contributed by atoms with Gasteiger partial charge >= 0.3 is 5.97 Å². The van der Waals surface area contributed by atoms with Gasteiger partial charge in [-0.2, -0.15) is 0 Å². The molecule has 0 radical (unpaired) electrons. The van der Waals surface area contributed by atoms with Crippen LogP contribution in [0.1, 0.15) is 25.0 Å². The summed E-state index contributed by atoms with van der Waals surface area (Å²) in [7, 11) is 0. The summed E-state index contributed by atoms with van der Waals surface area (Å²) in [6.07, 6.45) is 0. The zero-order valence-corrected chi connectivity index (χ0v) is 15.5. The van der Waals surface area contributed by atoms with Gasteiger partial charge in [0.2, 0.25) is 0 Å². The van der Waals surface area contributed by atoms with Crippen molar-refractivity contribution in [1.82, 2.24) is 4.98 Å². The Morgan fingerprint density at radius 1 is 1.21 bits per heavy atom. The number of ether oxygens (including phenoxy) is 1. The Kier molecular flexibility index (Phi) is 4.92. The fourth-order valence-corrected chi connectivity index (χ4v) is 4.95. The topological polar surface area (TPSA) is 39.2 Å². The van der Waals surface area contributed by atoms with Crippen molar-refractivity contribution in [2.75, 3.05) is 6.61 Å². The molecule has 0 aliphatic rings. The van der Waals surface area contributed by atoms with Crippen molar-refractivity contribution in [3.63, 3.8) is 0 Å². The van der Waals surface area contributed by atoms with E-state index in [1.54, 1.807) is 11.3 Å². The third kappa shape index (κ3) is 3.32. The first-order chi connectivity index (χ1) is 11.5. The summed E-state index contributed by atoms with van der Waals surface area (Å²) in [4.78, 5) is 17.4. The van der Waals surface area contributed by atoms with E-state index in [1.807, 2.05) is 69.3 Å². The third-order valence-corrected chi connectivity index (χ3v) is 6.24. The molecule has 1 unspecified atom stereocenters. The summed E-state index contributed by atoms with van der Waals surface area (Å²) in [6, 6.07) is 16.0. The molecule has 124 valence electrons. The van der Waals surface area contributed by atoms with Gasteiger partial charge < -0.3 is 4.74 Å². The Morgan fingerprint density at radius 2 is 1.92 bits per heavy atom. The van der Waals surface area contributed by atoms with Crippen LogP contribution in [-0.2, 0) is 14.3 Å². The number of esters is 1. The van der Waals surface area contributed by atoms with E-state index < -0.39 is 4.75 Å². The van der Waals surface area contributed by atoms with Gasteiger partial charge in [0.15, 0.2) is 4.34 Å². The summed E-state index contributed by atoms with van der Waals surface area (Å²) < 4.78 is 6.52. The van der Waals surface area contributed by atoms with Gasteiger partial charge in [-0.1, -0.05) is 53.7 Å². The normalized spacial score (nSPS) is 13.6. The Bertz CT molecular complexity index is 824. The maximum absolute atomic E-state index is 12.7. The zero-order valence-electron chi connectivity index (χ0n) is 13.9. The zero-order chi connectivity index (χ0) is 17.2. The highest BCUT2D eigenvalue weighted by molar-refractivity contribution is 8.02. The number of nitrogens with zero attached hydrogens (tertiary/aromatic N) is 1. The summed E-state index contributed by atoms with van der Waals surface area (Å²) >= 11 is 3.06. The van der Waals surface area contributed by atoms with Crippen LogP contribution in [-0.4, -0.2) is 17.6 Å². The van der Waals surface area contributed by atoms with E-state index in [-0.39, 0.29) is 5.97 Å². The first-order valence-electron chi connectivity index (χ1n) is 7.82. The molecule has 0 bridgehead atoms. The van der Waals surface area contributed by atoms with E-state index in [4.69, 9.17) is 4.74 Å². The Morgan fingerprint density at radius 3 is 2.58 bits per heavy atom. The second kappa shape index (κ2) is 6.95. The van der Waals surface area contributed by atoms with Gasteiger partial charge in [-0.05, 0) is 38.5 Å². The molecule has 3 rings (SSSR count). The maximum Gasteiger partial charge on any atom is 0.326 e. The van der Waals surface area contributed by atoms with Crippen LogP contribution in [0.4, 0.5) is 0 Å². The van der Waals surface area contributed by atoms with Crippen LogP contribution in [0.2, 0.25) is 0 Å². The number of hydrogen-bond donors (Lipinski definition) is 0. The minimum Gasteiger partial charge on any atom is -0.465 e. The van der Waals surface area contributed by atoms with Crippen molar-refractivity contribution in [2.24, 2.45) is 0 Å². The van der Waals surface area contributed by atoms with Crippen LogP contribution >= 0.6 is 23.1 Å². The molecule has 0 saturated carbocycles. The number of fused-ring (bicyclic) bond motifs is 1. The van der Waals surface area contributed by atoms with Crippen LogP contribution in [0.5, 0.6) is 0 Å². The maximum atomic E-state index is 12.7. The van der Waals surface area contributed by atoms with E-state index in [0.717, 1.165) is 25.7 Å².